The predicted octanol–water partition coefficient (Wildman–Crippen LogP) is 4.80. The Morgan fingerprint density at radius 2 is 1.55 bits per heavy atom. The first-order valence-corrected chi connectivity index (χ1v) is 14.2. The van der Waals surface area contributed by atoms with Crippen LogP contribution >= 0.6 is 11.6 Å². The Morgan fingerprint density at radius 1 is 0.857 bits per heavy atom. The van der Waals surface area contributed by atoms with Crippen molar-refractivity contribution in [3.63, 3.8) is 0 Å². The Bertz CT molecular complexity index is 1650. The summed E-state index contributed by atoms with van der Waals surface area (Å²) in [6.07, 6.45) is 1.03. The summed E-state index contributed by atoms with van der Waals surface area (Å²) in [5, 5.41) is 3.83. The molecule has 5 rings (SSSR count). The molecule has 0 spiro atoms. The number of rotatable bonds is 15. The number of hydrogen-bond donors (Lipinski definition) is 3. The van der Waals surface area contributed by atoms with Gasteiger partial charge in [-0.1, -0.05) is 48.0 Å². The lowest BCUT2D eigenvalue weighted by molar-refractivity contribution is 0.0119. The van der Waals surface area contributed by atoms with E-state index in [0.29, 0.717) is 86.8 Å². The van der Waals surface area contributed by atoms with Crippen LogP contribution in [0.5, 0.6) is 0 Å². The molecule has 220 valence electrons. The van der Waals surface area contributed by atoms with Crippen LogP contribution in [-0.4, -0.2) is 59.3 Å². The average molecular weight is 594 g/mol. The molecule has 0 aliphatic rings. The Balaban J connectivity index is 1.31. The van der Waals surface area contributed by atoms with E-state index in [1.165, 1.54) is 16.8 Å². The second-order valence-electron chi connectivity index (χ2n) is 9.72. The van der Waals surface area contributed by atoms with Gasteiger partial charge in [0.1, 0.15) is 5.82 Å². The molecule has 4 N–H and O–H groups in total. The number of nitrogens with one attached hydrogen (secondary N) is 2. The van der Waals surface area contributed by atoms with Crippen molar-refractivity contribution in [3.05, 3.63) is 105 Å². The minimum Gasteiger partial charge on any atom is -0.378 e. The summed E-state index contributed by atoms with van der Waals surface area (Å²) in [7, 11) is 0. The number of ether oxygens (including phenoxy) is 3. The van der Waals surface area contributed by atoms with Gasteiger partial charge in [-0.05, 0) is 59.9 Å². The molecule has 11 heteroatoms. The molecule has 0 saturated heterocycles. The van der Waals surface area contributed by atoms with Crippen molar-refractivity contribution in [2.45, 2.75) is 19.4 Å². The lowest BCUT2D eigenvalue weighted by atomic mass is 10.0. The molecule has 0 radical (unpaired) electrons. The van der Waals surface area contributed by atoms with E-state index in [1.807, 2.05) is 24.3 Å². The van der Waals surface area contributed by atoms with Gasteiger partial charge in [0.05, 0.1) is 56.4 Å². The van der Waals surface area contributed by atoms with Gasteiger partial charge in [-0.15, -0.1) is 0 Å². The fourth-order valence-corrected chi connectivity index (χ4v) is 4.74. The van der Waals surface area contributed by atoms with Crippen molar-refractivity contribution >= 4 is 22.6 Å². The van der Waals surface area contributed by atoms with Gasteiger partial charge in [0, 0.05) is 17.1 Å². The molecule has 3 aromatic carbocycles. The van der Waals surface area contributed by atoms with Crippen molar-refractivity contribution in [2.24, 2.45) is 5.73 Å². The average Bonchev–Trinajstić information content (AvgIpc) is 3.56. The Hall–Kier alpha value is -3.80. The minimum atomic E-state index is -0.294. The molecule has 0 amide bonds. The fraction of sp³-hybridized carbons (Fsp3) is 0.290. The summed E-state index contributed by atoms with van der Waals surface area (Å²) in [6.45, 7) is 3.41. The molecular weight excluding hydrogens is 561 g/mol. The Kier molecular flexibility index (Phi) is 10.2. The van der Waals surface area contributed by atoms with Crippen LogP contribution in [0.25, 0.3) is 28.2 Å². The Labute approximate surface area is 247 Å². The van der Waals surface area contributed by atoms with Crippen LogP contribution in [0.4, 0.5) is 4.39 Å². The summed E-state index contributed by atoms with van der Waals surface area (Å²) in [6, 6.07) is 19.5. The number of nitrogens with two attached hydrogens (primary N) is 1. The maximum atomic E-state index is 13.7. The quantitative estimate of drug-likeness (QED) is 0.150. The van der Waals surface area contributed by atoms with Crippen LogP contribution in [0.2, 0.25) is 5.02 Å². The van der Waals surface area contributed by atoms with Crippen LogP contribution in [0.15, 0.2) is 71.5 Å². The van der Waals surface area contributed by atoms with Crippen molar-refractivity contribution in [3.8, 4) is 17.2 Å². The Morgan fingerprint density at radius 3 is 2.29 bits per heavy atom. The molecule has 0 unspecified atom stereocenters. The summed E-state index contributed by atoms with van der Waals surface area (Å²) in [5.74, 6) is 0.0719. The zero-order valence-electron chi connectivity index (χ0n) is 23.1. The largest absolute Gasteiger partial charge is 0.378 e. The van der Waals surface area contributed by atoms with Crippen LogP contribution in [-0.2, 0) is 33.7 Å². The van der Waals surface area contributed by atoms with Gasteiger partial charge in [0.2, 0.25) is 5.95 Å². The maximum Gasteiger partial charge on any atom is 0.277 e. The zero-order chi connectivity index (χ0) is 29.3. The molecule has 0 bridgehead atoms. The number of halogens is 2. The van der Waals surface area contributed by atoms with E-state index in [0.717, 1.165) is 22.2 Å². The molecule has 0 atom stereocenters. The standard InChI is InChI=1S/C31H33ClFN5O4/c32-24-8-12-27-28(19-24)36-31(35-27)38-30(39)26(11-5-21-3-9-25(33)10-4-21)29(37-38)23-6-1-22(2-7-23)20-42-18-17-41-16-15-40-14-13-34/h1-4,6-10,12,19,37H,5,11,13-18,20,34H2,(H,35,36). The highest BCUT2D eigenvalue weighted by Crippen LogP contribution is 2.24. The number of nitrogens with zero attached hydrogens (tertiary/aromatic N) is 2. The first kappa shape index (κ1) is 29.7. The molecule has 0 fully saturated rings. The first-order valence-electron chi connectivity index (χ1n) is 13.8. The third-order valence-electron chi connectivity index (χ3n) is 6.72. The molecule has 2 aromatic heterocycles. The molecule has 0 aliphatic heterocycles. The number of H-pyrrole nitrogens is 2. The fourth-order valence-electron chi connectivity index (χ4n) is 4.57. The van der Waals surface area contributed by atoms with Crippen LogP contribution < -0.4 is 11.3 Å². The van der Waals surface area contributed by atoms with Crippen molar-refractivity contribution < 1.29 is 18.6 Å². The van der Waals surface area contributed by atoms with E-state index in [9.17, 15) is 9.18 Å². The number of hydrogen-bond acceptors (Lipinski definition) is 6. The molecule has 5 aromatic rings. The number of imidazole rings is 1. The zero-order valence-corrected chi connectivity index (χ0v) is 23.8. The lowest BCUT2D eigenvalue weighted by Crippen LogP contribution is -2.18. The maximum absolute atomic E-state index is 13.7. The number of aromatic amines is 2. The highest BCUT2D eigenvalue weighted by atomic mass is 35.5. The number of fused-ring (bicyclic) bond motifs is 1. The summed E-state index contributed by atoms with van der Waals surface area (Å²) in [5.41, 5.74) is 10.7. The van der Waals surface area contributed by atoms with E-state index in [4.69, 9.17) is 31.5 Å². The second kappa shape index (κ2) is 14.4. The minimum absolute atomic E-state index is 0.210. The molecular formula is C31H33ClFN5O4. The van der Waals surface area contributed by atoms with Crippen LogP contribution in [0.1, 0.15) is 16.7 Å². The smallest absolute Gasteiger partial charge is 0.277 e. The van der Waals surface area contributed by atoms with E-state index in [2.05, 4.69) is 15.1 Å². The van der Waals surface area contributed by atoms with Gasteiger partial charge >= 0.3 is 0 Å². The molecule has 0 aliphatic carbocycles. The molecule has 42 heavy (non-hydrogen) atoms. The van der Waals surface area contributed by atoms with Crippen molar-refractivity contribution in [1.82, 2.24) is 19.7 Å². The van der Waals surface area contributed by atoms with Crippen LogP contribution in [0, 0.1) is 5.82 Å². The van der Waals surface area contributed by atoms with Gasteiger partial charge in [-0.25, -0.2) is 9.37 Å². The van der Waals surface area contributed by atoms with E-state index < -0.39 is 0 Å². The van der Waals surface area contributed by atoms with Crippen molar-refractivity contribution in [1.29, 1.82) is 0 Å². The summed E-state index contributed by atoms with van der Waals surface area (Å²) in [4.78, 5) is 21.5. The second-order valence-corrected chi connectivity index (χ2v) is 10.2. The monoisotopic (exact) mass is 593 g/mol. The summed E-state index contributed by atoms with van der Waals surface area (Å²) >= 11 is 6.14. The third-order valence-corrected chi connectivity index (χ3v) is 6.96. The van der Waals surface area contributed by atoms with Gasteiger partial charge < -0.3 is 24.9 Å². The summed E-state index contributed by atoms with van der Waals surface area (Å²) < 4.78 is 31.3. The highest BCUT2D eigenvalue weighted by molar-refractivity contribution is 6.31. The number of aryl methyl sites for hydroxylation is 1. The first-order chi connectivity index (χ1) is 20.5. The van der Waals surface area contributed by atoms with Gasteiger partial charge in [-0.3, -0.25) is 9.89 Å². The van der Waals surface area contributed by atoms with Crippen LogP contribution in [0.3, 0.4) is 0 Å². The number of benzene rings is 3. The predicted molar refractivity (Wildman–Crippen MR) is 161 cm³/mol. The van der Waals surface area contributed by atoms with Gasteiger partial charge in [0.15, 0.2) is 0 Å². The molecule has 2 heterocycles. The highest BCUT2D eigenvalue weighted by Gasteiger charge is 2.19. The molecule has 0 saturated carbocycles. The van der Waals surface area contributed by atoms with E-state index in [1.54, 1.807) is 30.3 Å². The topological polar surface area (TPSA) is 120 Å². The van der Waals surface area contributed by atoms with Gasteiger partial charge in [0.25, 0.3) is 5.56 Å². The SMILES string of the molecule is NCCOCCOCCOCc1ccc(-c2[nH]n(-c3nc4ccc(Cl)cc4[nH]3)c(=O)c2CCc2ccc(F)cc2)cc1. The third kappa shape index (κ3) is 7.53. The molecule has 9 nitrogen and oxygen atoms in total. The van der Waals surface area contributed by atoms with E-state index >= 15 is 0 Å². The van der Waals surface area contributed by atoms with Gasteiger partial charge in [-0.2, -0.15) is 4.68 Å². The van der Waals surface area contributed by atoms with E-state index in [-0.39, 0.29) is 11.4 Å². The van der Waals surface area contributed by atoms with Crippen molar-refractivity contribution in [2.75, 3.05) is 39.6 Å². The lowest BCUT2D eigenvalue weighted by Gasteiger charge is -2.08. The number of aromatic nitrogens is 4. The normalized spacial score (nSPS) is 11.5.